The molecule has 0 aliphatic rings. The molecule has 0 fully saturated rings. The minimum Gasteiger partial charge on any atom is -0.327 e. The molecule has 0 unspecified atom stereocenters. The highest BCUT2D eigenvalue weighted by Gasteiger charge is 1.89. The molecule has 1 aromatic heterocycles. The Bertz CT molecular complexity index is 223. The van der Waals surface area contributed by atoms with Crippen LogP contribution in [0.2, 0.25) is 10.6 Å². The van der Waals surface area contributed by atoms with Gasteiger partial charge in [-0.25, -0.2) is 9.97 Å². The van der Waals surface area contributed by atoms with E-state index in [9.17, 15) is 0 Å². The van der Waals surface area contributed by atoms with E-state index in [0.717, 1.165) is 0 Å². The van der Waals surface area contributed by atoms with E-state index in [4.69, 9.17) is 28.9 Å². The molecule has 0 spiro atoms. The van der Waals surface area contributed by atoms with Gasteiger partial charge in [0, 0.05) is 6.54 Å². The van der Waals surface area contributed by atoms with Gasteiger partial charge < -0.3 is 5.73 Å². The quantitative estimate of drug-likeness (QED) is 0.705. The second-order valence-electron chi connectivity index (χ2n) is 1.55. The van der Waals surface area contributed by atoms with Crippen LogP contribution in [0.5, 0.6) is 0 Å². The molecular formula is C6H8Cl2N4. The van der Waals surface area contributed by atoms with Crippen molar-refractivity contribution in [1.82, 2.24) is 15.0 Å². The monoisotopic (exact) mass is 206 g/mol. The lowest BCUT2D eigenvalue weighted by Crippen LogP contribution is -1.90. The predicted molar refractivity (Wildman–Crippen MR) is 49.1 cm³/mol. The molecule has 0 radical (unpaired) electrons. The van der Waals surface area contributed by atoms with Crippen molar-refractivity contribution in [3.63, 3.8) is 0 Å². The van der Waals surface area contributed by atoms with Gasteiger partial charge >= 0.3 is 0 Å². The molecule has 6 heteroatoms. The zero-order chi connectivity index (χ0) is 9.40. The van der Waals surface area contributed by atoms with Crippen molar-refractivity contribution in [2.24, 2.45) is 5.73 Å². The van der Waals surface area contributed by atoms with Gasteiger partial charge in [-0.05, 0) is 23.2 Å². The number of halogens is 2. The number of rotatable bonds is 1. The predicted octanol–water partition coefficient (Wildman–Crippen LogP) is 1.31. The molecule has 0 aliphatic heterocycles. The first-order valence-electron chi connectivity index (χ1n) is 3.01. The fraction of sp³-hybridized carbons (Fsp3) is 0.167. The molecule has 1 heterocycles. The lowest BCUT2D eigenvalue weighted by Gasteiger charge is -1.84. The number of hydrogen-bond donors (Lipinski definition) is 1. The lowest BCUT2D eigenvalue weighted by atomic mass is 10.7. The Morgan fingerprint density at radius 2 is 1.83 bits per heavy atom. The molecule has 66 valence electrons. The van der Waals surface area contributed by atoms with Crippen LogP contribution in [0.3, 0.4) is 0 Å². The van der Waals surface area contributed by atoms with Crippen LogP contribution in [-0.2, 0) is 0 Å². The summed E-state index contributed by atoms with van der Waals surface area (Å²) in [5.74, 6) is 0. The maximum absolute atomic E-state index is 5.30. The first-order chi connectivity index (χ1) is 5.70. The van der Waals surface area contributed by atoms with Crippen LogP contribution < -0.4 is 5.73 Å². The molecule has 0 aliphatic carbocycles. The summed E-state index contributed by atoms with van der Waals surface area (Å²) in [5.41, 5.74) is 4.91. The Labute approximate surface area is 80.4 Å². The maximum atomic E-state index is 5.30. The summed E-state index contributed by atoms with van der Waals surface area (Å²) in [5, 5.41) is 0.231. The second kappa shape index (κ2) is 6.97. The fourth-order valence-corrected chi connectivity index (χ4v) is 0.549. The van der Waals surface area contributed by atoms with E-state index >= 15 is 0 Å². The van der Waals surface area contributed by atoms with Crippen molar-refractivity contribution < 1.29 is 0 Å². The van der Waals surface area contributed by atoms with Crippen LogP contribution in [0, 0.1) is 0 Å². The third-order valence-electron chi connectivity index (χ3n) is 0.680. The van der Waals surface area contributed by atoms with Crippen molar-refractivity contribution in [2.75, 3.05) is 6.54 Å². The van der Waals surface area contributed by atoms with Crippen LogP contribution >= 0.6 is 23.2 Å². The lowest BCUT2D eigenvalue weighted by molar-refractivity contribution is 1.05. The molecule has 1 aromatic rings. The van der Waals surface area contributed by atoms with Gasteiger partial charge in [-0.15, -0.1) is 6.58 Å². The van der Waals surface area contributed by atoms with Crippen LogP contribution in [0.25, 0.3) is 0 Å². The Morgan fingerprint density at radius 3 is 2.00 bits per heavy atom. The Kier molecular flexibility index (Phi) is 6.55. The first kappa shape index (κ1) is 11.3. The zero-order valence-electron chi connectivity index (χ0n) is 6.24. The number of nitrogens with zero attached hydrogens (tertiary/aromatic N) is 3. The highest BCUT2D eigenvalue weighted by atomic mass is 35.5. The largest absolute Gasteiger partial charge is 0.327 e. The minimum absolute atomic E-state index is 0.116. The van der Waals surface area contributed by atoms with Crippen LogP contribution in [-0.4, -0.2) is 21.5 Å². The molecule has 0 saturated carbocycles. The molecule has 0 aromatic carbocycles. The highest BCUT2D eigenvalue weighted by Crippen LogP contribution is 2.00. The molecule has 0 amide bonds. The van der Waals surface area contributed by atoms with E-state index in [1.54, 1.807) is 6.08 Å². The number of hydrogen-bond acceptors (Lipinski definition) is 4. The van der Waals surface area contributed by atoms with Gasteiger partial charge in [0.25, 0.3) is 0 Å². The average Bonchev–Trinajstić information content (AvgIpc) is 2.04. The van der Waals surface area contributed by atoms with Crippen LogP contribution in [0.1, 0.15) is 0 Å². The highest BCUT2D eigenvalue weighted by molar-refractivity contribution is 6.30. The van der Waals surface area contributed by atoms with Gasteiger partial charge in [-0.1, -0.05) is 6.08 Å². The minimum atomic E-state index is 0.116. The van der Waals surface area contributed by atoms with E-state index in [0.29, 0.717) is 6.54 Å². The van der Waals surface area contributed by atoms with Crippen LogP contribution in [0.4, 0.5) is 0 Å². The molecule has 2 N–H and O–H groups in total. The van der Waals surface area contributed by atoms with Gasteiger partial charge in [-0.2, -0.15) is 4.98 Å². The van der Waals surface area contributed by atoms with Gasteiger partial charge in [-0.3, -0.25) is 0 Å². The summed E-state index contributed by atoms with van der Waals surface area (Å²) in [6.45, 7) is 3.94. The molecule has 0 saturated heterocycles. The molecule has 4 nitrogen and oxygen atoms in total. The summed E-state index contributed by atoms with van der Waals surface area (Å²) < 4.78 is 0. The van der Waals surface area contributed by atoms with E-state index in [2.05, 4.69) is 21.5 Å². The second-order valence-corrected chi connectivity index (χ2v) is 2.22. The van der Waals surface area contributed by atoms with Crippen molar-refractivity contribution >= 4 is 23.2 Å². The standard InChI is InChI=1S/C3HCl2N3.C3H7N/c4-2-6-1-7-3(5)8-2;1-2-3-4/h1H;2H,1,3-4H2. The third-order valence-corrected chi connectivity index (χ3v) is 1.04. The summed E-state index contributed by atoms with van der Waals surface area (Å²) >= 11 is 10.6. The molecule has 0 bridgehead atoms. The molecule has 12 heavy (non-hydrogen) atoms. The molecular weight excluding hydrogens is 199 g/mol. The summed E-state index contributed by atoms with van der Waals surface area (Å²) in [7, 11) is 0. The topological polar surface area (TPSA) is 64.7 Å². The third kappa shape index (κ3) is 6.03. The maximum Gasteiger partial charge on any atom is 0.226 e. The normalized spacial score (nSPS) is 8.25. The smallest absolute Gasteiger partial charge is 0.226 e. The summed E-state index contributed by atoms with van der Waals surface area (Å²) in [6, 6.07) is 0. The first-order valence-corrected chi connectivity index (χ1v) is 3.77. The number of nitrogens with two attached hydrogens (primary N) is 1. The molecule has 0 atom stereocenters. The summed E-state index contributed by atoms with van der Waals surface area (Å²) in [4.78, 5) is 10.5. The number of aromatic nitrogens is 3. The van der Waals surface area contributed by atoms with Gasteiger partial charge in [0.05, 0.1) is 0 Å². The van der Waals surface area contributed by atoms with Gasteiger partial charge in [0.1, 0.15) is 6.33 Å². The zero-order valence-corrected chi connectivity index (χ0v) is 7.76. The van der Waals surface area contributed by atoms with E-state index < -0.39 is 0 Å². The van der Waals surface area contributed by atoms with Crippen molar-refractivity contribution in [1.29, 1.82) is 0 Å². The van der Waals surface area contributed by atoms with E-state index in [1.165, 1.54) is 6.33 Å². The fourth-order valence-electron chi connectivity index (χ4n) is 0.258. The van der Waals surface area contributed by atoms with Crippen molar-refractivity contribution in [2.45, 2.75) is 0 Å². The van der Waals surface area contributed by atoms with E-state index in [1.807, 2.05) is 0 Å². The molecule has 1 rings (SSSR count). The average molecular weight is 207 g/mol. The van der Waals surface area contributed by atoms with Gasteiger partial charge in [0.2, 0.25) is 10.6 Å². The Balaban J connectivity index is 0.000000261. The SMILES string of the molecule is C=CCN.Clc1ncnc(Cl)n1. The van der Waals surface area contributed by atoms with E-state index in [-0.39, 0.29) is 10.6 Å². The Hall–Kier alpha value is -0.710. The van der Waals surface area contributed by atoms with Gasteiger partial charge in [0.15, 0.2) is 0 Å². The van der Waals surface area contributed by atoms with Crippen molar-refractivity contribution in [3.05, 3.63) is 29.5 Å². The Morgan fingerprint density at radius 1 is 1.42 bits per heavy atom. The van der Waals surface area contributed by atoms with Crippen LogP contribution in [0.15, 0.2) is 19.0 Å². The van der Waals surface area contributed by atoms with Crippen molar-refractivity contribution in [3.8, 4) is 0 Å². The summed E-state index contributed by atoms with van der Waals surface area (Å²) in [6.07, 6.45) is 2.90.